The molecule has 0 atom stereocenters. The van der Waals surface area contributed by atoms with Gasteiger partial charge in [0.25, 0.3) is 0 Å². The molecular weight excluding hydrogens is 228 g/mol. The van der Waals surface area contributed by atoms with E-state index in [0.717, 1.165) is 11.1 Å². The number of hydrogen-bond acceptors (Lipinski definition) is 3. The van der Waals surface area contributed by atoms with Crippen LogP contribution in [-0.2, 0) is 6.54 Å². The van der Waals surface area contributed by atoms with Crippen molar-refractivity contribution in [3.8, 4) is 10.4 Å². The molecule has 3 rings (SSSR count). The molecule has 0 aliphatic carbocycles. The maximum Gasteiger partial charge on any atom is 0.0702 e. The van der Waals surface area contributed by atoms with Gasteiger partial charge in [-0.25, -0.2) is 0 Å². The van der Waals surface area contributed by atoms with Crippen molar-refractivity contribution >= 4 is 22.2 Å². The Morgan fingerprint density at radius 3 is 2.82 bits per heavy atom. The maximum atomic E-state index is 5.63. The third-order valence-electron chi connectivity index (χ3n) is 2.74. The van der Waals surface area contributed by atoms with E-state index in [1.54, 1.807) is 11.3 Å². The molecule has 2 aromatic heterocycles. The van der Waals surface area contributed by atoms with Gasteiger partial charge in [0.2, 0.25) is 0 Å². The summed E-state index contributed by atoms with van der Waals surface area (Å²) in [5, 5.41) is 1.17. The molecule has 0 spiro atoms. The second-order valence-corrected chi connectivity index (χ2v) is 5.06. The van der Waals surface area contributed by atoms with Gasteiger partial charge in [0.15, 0.2) is 0 Å². The summed E-state index contributed by atoms with van der Waals surface area (Å²) in [6.07, 6.45) is 1.93. The van der Waals surface area contributed by atoms with Crippen molar-refractivity contribution in [2.24, 2.45) is 5.73 Å². The molecule has 0 aliphatic rings. The summed E-state index contributed by atoms with van der Waals surface area (Å²) in [4.78, 5) is 6.90. The first-order chi connectivity index (χ1) is 8.36. The smallest absolute Gasteiger partial charge is 0.0702 e. The van der Waals surface area contributed by atoms with E-state index in [1.807, 2.05) is 24.4 Å². The molecule has 0 saturated carbocycles. The first-order valence-corrected chi connectivity index (χ1v) is 6.32. The number of nitrogens with zero attached hydrogens (tertiary/aromatic N) is 1. The molecular formula is C14H12N2S. The third-order valence-corrected chi connectivity index (χ3v) is 3.89. The van der Waals surface area contributed by atoms with Gasteiger partial charge >= 0.3 is 0 Å². The van der Waals surface area contributed by atoms with E-state index in [0.29, 0.717) is 6.54 Å². The predicted molar refractivity (Wildman–Crippen MR) is 72.9 cm³/mol. The Balaban J connectivity index is 2.11. The van der Waals surface area contributed by atoms with E-state index in [4.69, 9.17) is 5.73 Å². The topological polar surface area (TPSA) is 38.9 Å². The predicted octanol–water partition coefficient (Wildman–Crippen LogP) is 3.42. The number of hydrogen-bond donors (Lipinski definition) is 1. The minimum atomic E-state index is 0.603. The third kappa shape index (κ3) is 1.95. The summed E-state index contributed by atoms with van der Waals surface area (Å²) in [6, 6.07) is 14.5. The summed E-state index contributed by atoms with van der Waals surface area (Å²) in [7, 11) is 0. The molecule has 84 valence electrons. The largest absolute Gasteiger partial charge is 0.326 e. The normalized spacial score (nSPS) is 10.9. The van der Waals surface area contributed by atoms with Crippen molar-refractivity contribution in [3.05, 3.63) is 53.5 Å². The zero-order valence-electron chi connectivity index (χ0n) is 9.26. The van der Waals surface area contributed by atoms with E-state index in [-0.39, 0.29) is 0 Å². The minimum Gasteiger partial charge on any atom is -0.326 e. The maximum absolute atomic E-state index is 5.63. The lowest BCUT2D eigenvalue weighted by Gasteiger charge is -2.00. The van der Waals surface area contributed by atoms with Crippen LogP contribution < -0.4 is 5.73 Å². The van der Waals surface area contributed by atoms with Crippen molar-refractivity contribution in [1.82, 2.24) is 4.98 Å². The highest BCUT2D eigenvalue weighted by Crippen LogP contribution is 2.29. The molecule has 0 bridgehead atoms. The average Bonchev–Trinajstić information content (AvgIpc) is 2.87. The molecule has 1 aromatic carbocycles. The van der Waals surface area contributed by atoms with E-state index in [9.17, 15) is 0 Å². The second kappa shape index (κ2) is 4.28. The standard InChI is InChI=1S/C14H12N2S/c15-8-12-5-6-14(17-12)11-7-10-3-1-2-4-13(10)16-9-11/h1-7,9H,8,15H2. The zero-order chi connectivity index (χ0) is 11.7. The first kappa shape index (κ1) is 10.4. The van der Waals surface area contributed by atoms with Crippen LogP contribution in [0.15, 0.2) is 48.7 Å². The van der Waals surface area contributed by atoms with Crippen LogP contribution in [0.25, 0.3) is 21.3 Å². The number of fused-ring (bicyclic) bond motifs is 1. The number of para-hydroxylation sites is 1. The van der Waals surface area contributed by atoms with Gasteiger partial charge in [-0.2, -0.15) is 0 Å². The Kier molecular flexibility index (Phi) is 2.63. The van der Waals surface area contributed by atoms with Crippen LogP contribution in [0.4, 0.5) is 0 Å². The number of rotatable bonds is 2. The number of nitrogens with two attached hydrogens (primary N) is 1. The summed E-state index contributed by atoms with van der Waals surface area (Å²) in [5.41, 5.74) is 7.82. The first-order valence-electron chi connectivity index (χ1n) is 5.51. The lowest BCUT2D eigenvalue weighted by Crippen LogP contribution is -1.91. The van der Waals surface area contributed by atoms with Gasteiger partial charge in [-0.05, 0) is 24.3 Å². The van der Waals surface area contributed by atoms with Crippen LogP contribution in [0.3, 0.4) is 0 Å². The number of aromatic nitrogens is 1. The highest BCUT2D eigenvalue weighted by atomic mass is 32.1. The molecule has 2 nitrogen and oxygen atoms in total. The summed E-state index contributed by atoms with van der Waals surface area (Å²) in [5.74, 6) is 0. The van der Waals surface area contributed by atoms with Gasteiger partial charge in [-0.3, -0.25) is 4.98 Å². The summed E-state index contributed by atoms with van der Waals surface area (Å²) >= 11 is 1.73. The molecule has 2 heterocycles. The van der Waals surface area contributed by atoms with Crippen molar-refractivity contribution in [1.29, 1.82) is 0 Å². The SMILES string of the molecule is NCc1ccc(-c2cnc3ccccc3c2)s1. The van der Waals surface area contributed by atoms with Crippen molar-refractivity contribution < 1.29 is 0 Å². The fourth-order valence-corrected chi connectivity index (χ4v) is 2.72. The summed E-state index contributed by atoms with van der Waals surface area (Å²) < 4.78 is 0. The van der Waals surface area contributed by atoms with E-state index in [1.165, 1.54) is 15.1 Å². The van der Waals surface area contributed by atoms with Gasteiger partial charge in [-0.1, -0.05) is 18.2 Å². The van der Waals surface area contributed by atoms with E-state index in [2.05, 4.69) is 29.2 Å². The molecule has 0 amide bonds. The summed E-state index contributed by atoms with van der Waals surface area (Å²) in [6.45, 7) is 0.603. The molecule has 0 unspecified atom stereocenters. The van der Waals surface area contributed by atoms with Crippen molar-refractivity contribution in [2.45, 2.75) is 6.54 Å². The van der Waals surface area contributed by atoms with Crippen molar-refractivity contribution in [3.63, 3.8) is 0 Å². The fraction of sp³-hybridized carbons (Fsp3) is 0.0714. The van der Waals surface area contributed by atoms with Crippen LogP contribution in [-0.4, -0.2) is 4.98 Å². The highest BCUT2D eigenvalue weighted by molar-refractivity contribution is 7.15. The molecule has 0 radical (unpaired) electrons. The van der Waals surface area contributed by atoms with Crippen LogP contribution in [0.5, 0.6) is 0 Å². The van der Waals surface area contributed by atoms with Gasteiger partial charge in [0, 0.05) is 33.4 Å². The van der Waals surface area contributed by atoms with Crippen LogP contribution >= 0.6 is 11.3 Å². The Morgan fingerprint density at radius 2 is 2.00 bits per heavy atom. The van der Waals surface area contributed by atoms with Gasteiger partial charge < -0.3 is 5.73 Å². The number of thiophene rings is 1. The van der Waals surface area contributed by atoms with Crippen LogP contribution in [0.2, 0.25) is 0 Å². The monoisotopic (exact) mass is 240 g/mol. The molecule has 0 fully saturated rings. The fourth-order valence-electron chi connectivity index (χ4n) is 1.85. The lowest BCUT2D eigenvalue weighted by molar-refractivity contribution is 1.11. The van der Waals surface area contributed by atoms with Crippen LogP contribution in [0, 0.1) is 0 Å². The van der Waals surface area contributed by atoms with Gasteiger partial charge in [-0.15, -0.1) is 11.3 Å². The molecule has 3 aromatic rings. The van der Waals surface area contributed by atoms with Gasteiger partial charge in [0.05, 0.1) is 5.52 Å². The number of pyridine rings is 1. The molecule has 0 saturated heterocycles. The molecule has 2 N–H and O–H groups in total. The zero-order valence-corrected chi connectivity index (χ0v) is 10.1. The highest BCUT2D eigenvalue weighted by Gasteiger charge is 2.03. The quantitative estimate of drug-likeness (QED) is 0.745. The number of benzene rings is 1. The molecule has 3 heteroatoms. The Hall–Kier alpha value is -1.71. The Morgan fingerprint density at radius 1 is 1.12 bits per heavy atom. The minimum absolute atomic E-state index is 0.603. The second-order valence-electron chi connectivity index (χ2n) is 3.89. The molecule has 0 aliphatic heterocycles. The van der Waals surface area contributed by atoms with E-state index >= 15 is 0 Å². The van der Waals surface area contributed by atoms with Crippen molar-refractivity contribution in [2.75, 3.05) is 0 Å². The Labute approximate surface area is 104 Å². The Bertz CT molecular complexity index is 658. The van der Waals surface area contributed by atoms with Crippen LogP contribution in [0.1, 0.15) is 4.88 Å². The average molecular weight is 240 g/mol. The molecule has 17 heavy (non-hydrogen) atoms. The van der Waals surface area contributed by atoms with Gasteiger partial charge in [0.1, 0.15) is 0 Å². The van der Waals surface area contributed by atoms with E-state index < -0.39 is 0 Å². The lowest BCUT2D eigenvalue weighted by atomic mass is 10.1.